The van der Waals surface area contributed by atoms with Gasteiger partial charge in [-0.2, -0.15) is 0 Å². The molecule has 0 radical (unpaired) electrons. The highest BCUT2D eigenvalue weighted by molar-refractivity contribution is 7.26. The fourth-order valence-corrected chi connectivity index (χ4v) is 14.7. The molecular formula is C67H73BN2S. The van der Waals surface area contributed by atoms with Crippen LogP contribution in [0.25, 0.3) is 42.4 Å². The molecule has 1 aliphatic heterocycles. The smallest absolute Gasteiger partial charge is 0.198 e. The normalized spacial score (nSPS) is 19.5. The number of nitrogens with zero attached hydrogens (tertiary/aromatic N) is 1. The second-order valence-corrected chi connectivity index (χ2v) is 27.3. The largest absolute Gasteiger partial charge is 0.355 e. The molecule has 0 fully saturated rings. The molecule has 0 spiro atoms. The Bertz CT molecular complexity index is 3460. The number of hydrogen-bond acceptors (Lipinski definition) is 3. The van der Waals surface area contributed by atoms with E-state index in [4.69, 9.17) is 0 Å². The van der Waals surface area contributed by atoms with Crippen molar-refractivity contribution in [2.45, 2.75) is 161 Å². The first-order valence-electron chi connectivity index (χ1n) is 26.8. The Morgan fingerprint density at radius 1 is 0.465 bits per heavy atom. The topological polar surface area (TPSA) is 15.3 Å². The number of rotatable bonds is 5. The minimum absolute atomic E-state index is 0.0359. The Morgan fingerprint density at radius 3 is 1.56 bits per heavy atom. The summed E-state index contributed by atoms with van der Waals surface area (Å²) in [6.07, 6.45) is 7.08. The number of hydrogen-bond donors (Lipinski definition) is 1. The van der Waals surface area contributed by atoms with Gasteiger partial charge in [-0.1, -0.05) is 161 Å². The summed E-state index contributed by atoms with van der Waals surface area (Å²) in [7, 11) is 0.861. The van der Waals surface area contributed by atoms with Gasteiger partial charge >= 0.3 is 0 Å². The molecule has 2 heterocycles. The monoisotopic (exact) mass is 949 g/mol. The molecule has 8 aromatic rings. The number of aryl methyl sites for hydroxylation is 1. The zero-order valence-electron chi connectivity index (χ0n) is 44.9. The van der Waals surface area contributed by atoms with E-state index in [0.717, 1.165) is 25.8 Å². The van der Waals surface area contributed by atoms with Gasteiger partial charge in [0.1, 0.15) is 0 Å². The lowest BCUT2D eigenvalue weighted by molar-refractivity contribution is 0.331. The Labute approximate surface area is 429 Å². The molecular weight excluding hydrogens is 876 g/mol. The molecule has 3 aliphatic carbocycles. The minimum atomic E-state index is 0.0359. The van der Waals surface area contributed by atoms with Gasteiger partial charge in [0, 0.05) is 48.5 Å². The van der Waals surface area contributed by atoms with Crippen molar-refractivity contribution in [1.82, 2.24) is 0 Å². The summed E-state index contributed by atoms with van der Waals surface area (Å²) >= 11 is 1.96. The molecule has 0 unspecified atom stereocenters. The molecule has 360 valence electrons. The molecule has 0 bridgehead atoms. The van der Waals surface area contributed by atoms with Gasteiger partial charge in [-0.3, -0.25) is 0 Å². The second-order valence-electron chi connectivity index (χ2n) is 26.3. The molecule has 1 N–H and O–H groups in total. The van der Waals surface area contributed by atoms with Crippen molar-refractivity contribution in [3.05, 3.63) is 160 Å². The summed E-state index contributed by atoms with van der Waals surface area (Å²) in [6, 6.07) is 47.5. The lowest BCUT2D eigenvalue weighted by Crippen LogP contribution is -2.44. The maximum atomic E-state index is 4.12. The van der Waals surface area contributed by atoms with E-state index in [-0.39, 0.29) is 32.5 Å². The molecule has 12 rings (SSSR count). The van der Waals surface area contributed by atoms with E-state index in [9.17, 15) is 0 Å². The van der Waals surface area contributed by atoms with Crippen LogP contribution in [-0.4, -0.2) is 7.28 Å². The molecule has 0 atom stereocenters. The van der Waals surface area contributed by atoms with Crippen LogP contribution >= 0.6 is 11.3 Å². The third-order valence-electron chi connectivity index (χ3n) is 18.6. The van der Waals surface area contributed by atoms with Crippen LogP contribution in [0.1, 0.15) is 161 Å². The zero-order valence-corrected chi connectivity index (χ0v) is 45.7. The maximum absolute atomic E-state index is 4.12. The zero-order chi connectivity index (χ0) is 49.8. The summed E-state index contributed by atoms with van der Waals surface area (Å²) < 4.78 is 2.69. The van der Waals surface area contributed by atoms with Gasteiger partial charge in [0.25, 0.3) is 0 Å². The highest BCUT2D eigenvalue weighted by Crippen LogP contribution is 2.55. The molecule has 0 amide bonds. The molecule has 71 heavy (non-hydrogen) atoms. The lowest BCUT2D eigenvalue weighted by atomic mass is 9.54. The van der Waals surface area contributed by atoms with Crippen LogP contribution in [0.3, 0.4) is 0 Å². The number of thiophene rings is 1. The Balaban J connectivity index is 1.18. The van der Waals surface area contributed by atoms with Gasteiger partial charge in [-0.15, -0.1) is 11.3 Å². The standard InChI is InChI=1S/C67H73BN2S/c1-40-33-47-51(66(10,11)31-27-62(47,2)3)38-55(40)70-56-39-52-49(64(6,7)29-32-67(52,12)13)36-53(56)68-60-46(35-58-59(61(60)70)44-21-17-18-22-57(44)71-58)45-34-48-50(65(8,9)30-28-63(48,4)5)37-54(45)69-43-25-23-42(24-26-43)41-19-15-14-16-20-41/h14-26,33-39,68-69H,27-32H2,1-13H3. The van der Waals surface area contributed by atoms with Crippen molar-refractivity contribution in [2.75, 3.05) is 10.2 Å². The van der Waals surface area contributed by atoms with Gasteiger partial charge in [-0.25, -0.2) is 0 Å². The Morgan fingerprint density at radius 2 is 0.958 bits per heavy atom. The minimum Gasteiger partial charge on any atom is -0.355 e. The summed E-state index contributed by atoms with van der Waals surface area (Å²) in [6.45, 7) is 32.2. The molecule has 0 saturated heterocycles. The highest BCUT2D eigenvalue weighted by Gasteiger charge is 2.44. The number of benzene rings is 7. The van der Waals surface area contributed by atoms with Crippen molar-refractivity contribution in [3.63, 3.8) is 0 Å². The van der Waals surface area contributed by atoms with Crippen molar-refractivity contribution < 1.29 is 0 Å². The fourth-order valence-electron chi connectivity index (χ4n) is 13.6. The number of anilines is 5. The molecule has 0 saturated carbocycles. The average Bonchev–Trinajstić information content (AvgIpc) is 3.71. The molecule has 7 aromatic carbocycles. The van der Waals surface area contributed by atoms with Crippen molar-refractivity contribution in [2.24, 2.45) is 0 Å². The predicted molar refractivity (Wildman–Crippen MR) is 312 cm³/mol. The van der Waals surface area contributed by atoms with Crippen LogP contribution in [0, 0.1) is 6.92 Å². The van der Waals surface area contributed by atoms with E-state index < -0.39 is 0 Å². The Kier molecular flexibility index (Phi) is 10.3. The molecule has 4 aliphatic rings. The van der Waals surface area contributed by atoms with Crippen LogP contribution in [0.4, 0.5) is 28.4 Å². The van der Waals surface area contributed by atoms with Crippen molar-refractivity contribution in [1.29, 1.82) is 0 Å². The predicted octanol–water partition coefficient (Wildman–Crippen LogP) is 17.7. The van der Waals surface area contributed by atoms with Crippen LogP contribution in [0.2, 0.25) is 0 Å². The number of nitrogens with one attached hydrogen (secondary N) is 1. The van der Waals surface area contributed by atoms with Gasteiger partial charge in [0.2, 0.25) is 0 Å². The first kappa shape index (κ1) is 46.5. The van der Waals surface area contributed by atoms with E-state index >= 15 is 0 Å². The summed E-state index contributed by atoms with van der Waals surface area (Å²) in [5.74, 6) is 0. The fraction of sp³-hybridized carbons (Fsp3) is 0.373. The van der Waals surface area contributed by atoms with Crippen LogP contribution < -0.4 is 21.1 Å². The SMILES string of the molecule is Cc1cc2c(cc1N1c3cc4c(cc3Bc3c(-c5cc6c(cc5Nc5ccc(-c7ccccc7)cc5)C(C)(C)CCC6(C)C)cc5sc6ccccc6c5c31)C(C)(C)CCC4(C)C)C(C)(C)CCC2(C)C. The first-order chi connectivity index (χ1) is 33.5. The van der Waals surface area contributed by atoms with Crippen LogP contribution in [0.5, 0.6) is 0 Å². The second kappa shape index (κ2) is 15.7. The van der Waals surface area contributed by atoms with Crippen LogP contribution in [0.15, 0.2) is 121 Å². The van der Waals surface area contributed by atoms with E-state index in [2.05, 4.69) is 222 Å². The third-order valence-corrected chi connectivity index (χ3v) is 19.7. The molecule has 1 aromatic heterocycles. The van der Waals surface area contributed by atoms with E-state index in [1.54, 1.807) is 0 Å². The van der Waals surface area contributed by atoms with Crippen molar-refractivity contribution in [3.8, 4) is 22.3 Å². The third kappa shape index (κ3) is 7.38. The van der Waals surface area contributed by atoms with E-state index in [1.807, 2.05) is 11.3 Å². The molecule has 2 nitrogen and oxygen atoms in total. The summed E-state index contributed by atoms with van der Waals surface area (Å²) in [4.78, 5) is 2.80. The van der Waals surface area contributed by atoms with Crippen molar-refractivity contribution >= 4 is 78.2 Å². The number of fused-ring (bicyclic) bond motifs is 9. The first-order valence-corrected chi connectivity index (χ1v) is 27.6. The summed E-state index contributed by atoms with van der Waals surface area (Å²) in [5.41, 5.74) is 25.1. The molecule has 4 heteroatoms. The lowest BCUT2D eigenvalue weighted by Gasteiger charge is -2.46. The maximum Gasteiger partial charge on any atom is 0.198 e. The van der Waals surface area contributed by atoms with Gasteiger partial charge in [0.05, 0.1) is 5.69 Å². The van der Waals surface area contributed by atoms with Gasteiger partial charge in [0.15, 0.2) is 7.28 Å². The van der Waals surface area contributed by atoms with E-state index in [0.29, 0.717) is 0 Å². The Hall–Kier alpha value is -5.58. The summed E-state index contributed by atoms with van der Waals surface area (Å²) in [5, 5.41) is 6.85. The van der Waals surface area contributed by atoms with Gasteiger partial charge in [-0.05, 0) is 188 Å². The van der Waals surface area contributed by atoms with Gasteiger partial charge < -0.3 is 10.2 Å². The van der Waals surface area contributed by atoms with E-state index in [1.165, 1.54) is 141 Å². The quantitative estimate of drug-likeness (QED) is 0.173. The average molecular weight is 949 g/mol. The highest BCUT2D eigenvalue weighted by atomic mass is 32.1. The van der Waals surface area contributed by atoms with Crippen LogP contribution in [-0.2, 0) is 32.5 Å².